The average molecular weight is 360 g/mol. The topological polar surface area (TPSA) is 72.1 Å². The number of aromatic hydroxyl groups is 1. The van der Waals surface area contributed by atoms with E-state index in [9.17, 15) is 9.90 Å². The molecule has 2 N–H and O–H groups in total. The van der Waals surface area contributed by atoms with E-state index in [1.54, 1.807) is 32.3 Å². The van der Waals surface area contributed by atoms with E-state index in [4.69, 9.17) is 0 Å². The van der Waals surface area contributed by atoms with Gasteiger partial charge in [-0.15, -0.1) is 0 Å². The number of benzene rings is 2. The summed E-state index contributed by atoms with van der Waals surface area (Å²) < 4.78 is 3.34. The van der Waals surface area contributed by atoms with Gasteiger partial charge in [-0.05, 0) is 36.8 Å². The molecule has 4 rings (SSSR count). The number of aryl methyl sites for hydroxylation is 2. The summed E-state index contributed by atoms with van der Waals surface area (Å²) >= 11 is 0. The van der Waals surface area contributed by atoms with Gasteiger partial charge >= 0.3 is 0 Å². The van der Waals surface area contributed by atoms with Crippen molar-refractivity contribution in [3.05, 3.63) is 70.8 Å². The fourth-order valence-electron chi connectivity index (χ4n) is 3.27. The second kappa shape index (κ2) is 6.32. The molecular formula is C21H20N4O2. The summed E-state index contributed by atoms with van der Waals surface area (Å²) in [5, 5.41) is 18.8. The standard InChI is InChI=1S/C21H20N4O2/c1-13-18(12-22-25(3)21(13)27)23-17-10-14(15-6-4-5-7-20(15)26)11-19-16(17)8-9-24(19)2/h4-12,23,26H,1-3H3. The first kappa shape index (κ1) is 16.9. The van der Waals surface area contributed by atoms with Crippen molar-refractivity contribution < 1.29 is 5.11 Å². The molecule has 0 spiro atoms. The van der Waals surface area contributed by atoms with Crippen LogP contribution in [0.25, 0.3) is 22.0 Å². The lowest BCUT2D eigenvalue weighted by molar-refractivity contribution is 0.477. The Hall–Kier alpha value is -3.54. The molecular weight excluding hydrogens is 340 g/mol. The molecule has 6 heteroatoms. The number of hydrogen-bond acceptors (Lipinski definition) is 4. The van der Waals surface area contributed by atoms with Crippen LogP contribution < -0.4 is 10.9 Å². The largest absolute Gasteiger partial charge is 0.507 e. The predicted octanol–water partition coefficient (Wildman–Crippen LogP) is 3.70. The molecule has 0 amide bonds. The lowest BCUT2D eigenvalue weighted by atomic mass is 10.0. The summed E-state index contributed by atoms with van der Waals surface area (Å²) in [7, 11) is 3.61. The molecule has 0 aliphatic carbocycles. The Morgan fingerprint density at radius 3 is 2.63 bits per heavy atom. The van der Waals surface area contributed by atoms with Gasteiger partial charge in [0.2, 0.25) is 0 Å². The third-order valence-corrected chi connectivity index (χ3v) is 4.87. The zero-order valence-corrected chi connectivity index (χ0v) is 15.4. The molecule has 0 atom stereocenters. The van der Waals surface area contributed by atoms with E-state index in [-0.39, 0.29) is 11.3 Å². The highest BCUT2D eigenvalue weighted by atomic mass is 16.3. The maximum atomic E-state index is 12.2. The van der Waals surface area contributed by atoms with Crippen molar-refractivity contribution in [3.63, 3.8) is 0 Å². The molecule has 0 saturated heterocycles. The summed E-state index contributed by atoms with van der Waals surface area (Å²) in [4.78, 5) is 12.2. The number of fused-ring (bicyclic) bond motifs is 1. The third-order valence-electron chi connectivity index (χ3n) is 4.87. The number of phenolic OH excluding ortho intramolecular Hbond substituents is 1. The van der Waals surface area contributed by atoms with Gasteiger partial charge in [-0.1, -0.05) is 18.2 Å². The number of nitrogens with one attached hydrogen (secondary N) is 1. The maximum absolute atomic E-state index is 12.2. The quantitative estimate of drug-likeness (QED) is 0.584. The van der Waals surface area contributed by atoms with Crippen molar-refractivity contribution in [1.82, 2.24) is 14.3 Å². The van der Waals surface area contributed by atoms with Crippen molar-refractivity contribution in [2.24, 2.45) is 14.1 Å². The van der Waals surface area contributed by atoms with Crippen LogP contribution in [0.3, 0.4) is 0 Å². The van der Waals surface area contributed by atoms with Crippen LogP contribution in [0.1, 0.15) is 5.56 Å². The summed E-state index contributed by atoms with van der Waals surface area (Å²) in [5.74, 6) is 0.225. The van der Waals surface area contributed by atoms with E-state index in [0.29, 0.717) is 11.3 Å². The Balaban J connectivity index is 1.91. The van der Waals surface area contributed by atoms with E-state index in [0.717, 1.165) is 27.7 Å². The molecule has 0 saturated carbocycles. The molecule has 27 heavy (non-hydrogen) atoms. The number of phenols is 1. The highest BCUT2D eigenvalue weighted by Crippen LogP contribution is 2.36. The molecule has 2 heterocycles. The van der Waals surface area contributed by atoms with Crippen molar-refractivity contribution in [2.75, 3.05) is 5.32 Å². The minimum absolute atomic E-state index is 0.138. The van der Waals surface area contributed by atoms with E-state index in [1.165, 1.54) is 4.68 Å². The summed E-state index contributed by atoms with van der Waals surface area (Å²) in [6, 6.07) is 13.3. The van der Waals surface area contributed by atoms with Gasteiger partial charge in [-0.25, -0.2) is 4.68 Å². The first-order valence-corrected chi connectivity index (χ1v) is 8.63. The molecule has 6 nitrogen and oxygen atoms in total. The first-order chi connectivity index (χ1) is 13.0. The molecule has 0 unspecified atom stereocenters. The van der Waals surface area contributed by atoms with Gasteiger partial charge in [0.25, 0.3) is 5.56 Å². The molecule has 0 aliphatic rings. The predicted molar refractivity (Wildman–Crippen MR) is 108 cm³/mol. The monoisotopic (exact) mass is 360 g/mol. The van der Waals surface area contributed by atoms with E-state index < -0.39 is 0 Å². The zero-order chi connectivity index (χ0) is 19.1. The van der Waals surface area contributed by atoms with Gasteiger partial charge in [0.15, 0.2) is 0 Å². The SMILES string of the molecule is Cc1c(Nc2cc(-c3ccccc3O)cc3c2ccn3C)cnn(C)c1=O. The van der Waals surface area contributed by atoms with Gasteiger partial charge in [0.1, 0.15) is 5.75 Å². The van der Waals surface area contributed by atoms with Crippen LogP contribution in [0, 0.1) is 6.92 Å². The van der Waals surface area contributed by atoms with Crippen LogP contribution in [-0.4, -0.2) is 19.5 Å². The summed E-state index contributed by atoms with van der Waals surface area (Å²) in [6.45, 7) is 1.78. The zero-order valence-electron chi connectivity index (χ0n) is 15.4. The molecule has 0 radical (unpaired) electrons. The molecule has 2 aromatic carbocycles. The highest BCUT2D eigenvalue weighted by molar-refractivity contribution is 5.98. The van der Waals surface area contributed by atoms with Crippen LogP contribution in [-0.2, 0) is 14.1 Å². The average Bonchev–Trinajstić information content (AvgIpc) is 3.04. The molecule has 136 valence electrons. The molecule has 4 aromatic rings. The molecule has 2 aromatic heterocycles. The van der Waals surface area contributed by atoms with E-state index >= 15 is 0 Å². The fraction of sp³-hybridized carbons (Fsp3) is 0.143. The van der Waals surface area contributed by atoms with Gasteiger partial charge in [0.05, 0.1) is 17.4 Å². The number of para-hydroxylation sites is 1. The lowest BCUT2D eigenvalue weighted by Gasteiger charge is -2.14. The van der Waals surface area contributed by atoms with Crippen LogP contribution in [0.15, 0.2) is 59.7 Å². The van der Waals surface area contributed by atoms with Gasteiger partial charge < -0.3 is 15.0 Å². The Bertz CT molecular complexity index is 1220. The highest BCUT2D eigenvalue weighted by Gasteiger charge is 2.13. The Kier molecular flexibility index (Phi) is 3.96. The number of nitrogens with zero attached hydrogens (tertiary/aromatic N) is 3. The number of hydrogen-bond donors (Lipinski definition) is 2. The minimum Gasteiger partial charge on any atom is -0.507 e. The first-order valence-electron chi connectivity index (χ1n) is 8.63. The smallest absolute Gasteiger partial charge is 0.271 e. The van der Waals surface area contributed by atoms with Crippen LogP contribution in [0.4, 0.5) is 11.4 Å². The van der Waals surface area contributed by atoms with Crippen molar-refractivity contribution >= 4 is 22.3 Å². The normalized spacial score (nSPS) is 11.1. The summed E-state index contributed by atoms with van der Waals surface area (Å²) in [6.07, 6.45) is 3.64. The number of rotatable bonds is 3. The molecule has 0 bridgehead atoms. The second-order valence-corrected chi connectivity index (χ2v) is 6.64. The van der Waals surface area contributed by atoms with Crippen LogP contribution >= 0.6 is 0 Å². The second-order valence-electron chi connectivity index (χ2n) is 6.64. The maximum Gasteiger partial charge on any atom is 0.271 e. The Labute approximate surface area is 156 Å². The van der Waals surface area contributed by atoms with Crippen LogP contribution in [0.5, 0.6) is 5.75 Å². The van der Waals surface area contributed by atoms with E-state index in [2.05, 4.69) is 10.4 Å². The Morgan fingerprint density at radius 1 is 1.07 bits per heavy atom. The molecule has 0 aliphatic heterocycles. The van der Waals surface area contributed by atoms with Crippen molar-refractivity contribution in [3.8, 4) is 16.9 Å². The van der Waals surface area contributed by atoms with Gasteiger partial charge in [-0.3, -0.25) is 4.79 Å². The van der Waals surface area contributed by atoms with Crippen molar-refractivity contribution in [2.45, 2.75) is 6.92 Å². The van der Waals surface area contributed by atoms with Gasteiger partial charge in [0, 0.05) is 42.5 Å². The minimum atomic E-state index is -0.138. The fourth-order valence-corrected chi connectivity index (χ4v) is 3.27. The Morgan fingerprint density at radius 2 is 1.85 bits per heavy atom. The van der Waals surface area contributed by atoms with E-state index in [1.807, 2.05) is 48.1 Å². The van der Waals surface area contributed by atoms with Crippen molar-refractivity contribution in [1.29, 1.82) is 0 Å². The molecule has 0 fully saturated rings. The van der Waals surface area contributed by atoms with Gasteiger partial charge in [-0.2, -0.15) is 5.10 Å². The third kappa shape index (κ3) is 2.85. The lowest BCUT2D eigenvalue weighted by Crippen LogP contribution is -2.22. The number of aromatic nitrogens is 3. The summed E-state index contributed by atoms with van der Waals surface area (Å²) in [5.41, 5.74) is 4.64. The van der Waals surface area contributed by atoms with Crippen LogP contribution in [0.2, 0.25) is 0 Å². The number of anilines is 2.